The van der Waals surface area contributed by atoms with Crippen molar-refractivity contribution >= 4 is 0 Å². The molecule has 0 saturated carbocycles. The van der Waals surface area contributed by atoms with Crippen LogP contribution in [0.2, 0.25) is 0 Å². The SMILES string of the molecule is CCn1ncnc1CC(NN)c1ccc(F)cc1F. The predicted octanol–water partition coefficient (Wildman–Crippen LogP) is 1.32. The summed E-state index contributed by atoms with van der Waals surface area (Å²) in [4.78, 5) is 4.11. The van der Waals surface area contributed by atoms with Gasteiger partial charge in [0.25, 0.3) is 0 Å². The van der Waals surface area contributed by atoms with Crippen molar-refractivity contribution in [3.8, 4) is 0 Å². The molecule has 2 rings (SSSR count). The number of nitrogens with one attached hydrogen (secondary N) is 1. The van der Waals surface area contributed by atoms with Gasteiger partial charge in [-0.05, 0) is 13.0 Å². The minimum absolute atomic E-state index is 0.301. The largest absolute Gasteiger partial charge is 0.271 e. The van der Waals surface area contributed by atoms with E-state index in [4.69, 9.17) is 5.84 Å². The van der Waals surface area contributed by atoms with Crippen molar-refractivity contribution in [3.63, 3.8) is 0 Å². The van der Waals surface area contributed by atoms with Crippen LogP contribution in [-0.2, 0) is 13.0 Å². The number of hydrogen-bond donors (Lipinski definition) is 2. The molecule has 0 aliphatic rings. The molecular weight excluding hydrogens is 252 g/mol. The van der Waals surface area contributed by atoms with Gasteiger partial charge in [0.05, 0.1) is 6.04 Å². The monoisotopic (exact) mass is 267 g/mol. The highest BCUT2D eigenvalue weighted by Gasteiger charge is 2.18. The van der Waals surface area contributed by atoms with Crippen molar-refractivity contribution < 1.29 is 8.78 Å². The Morgan fingerprint density at radius 2 is 2.21 bits per heavy atom. The summed E-state index contributed by atoms with van der Waals surface area (Å²) >= 11 is 0. The van der Waals surface area contributed by atoms with Crippen molar-refractivity contribution in [2.75, 3.05) is 0 Å². The third kappa shape index (κ3) is 2.94. The molecule has 5 nitrogen and oxygen atoms in total. The van der Waals surface area contributed by atoms with E-state index in [1.54, 1.807) is 4.68 Å². The Morgan fingerprint density at radius 1 is 1.42 bits per heavy atom. The highest BCUT2D eigenvalue weighted by Crippen LogP contribution is 2.20. The number of aromatic nitrogens is 3. The van der Waals surface area contributed by atoms with E-state index >= 15 is 0 Å². The van der Waals surface area contributed by atoms with Crippen LogP contribution < -0.4 is 11.3 Å². The molecule has 1 aromatic heterocycles. The number of halogens is 2. The summed E-state index contributed by atoms with van der Waals surface area (Å²) < 4.78 is 28.3. The van der Waals surface area contributed by atoms with Crippen LogP contribution in [0.4, 0.5) is 8.78 Å². The highest BCUT2D eigenvalue weighted by molar-refractivity contribution is 5.23. The van der Waals surface area contributed by atoms with Crippen molar-refractivity contribution in [1.82, 2.24) is 20.2 Å². The molecule has 3 N–H and O–H groups in total. The van der Waals surface area contributed by atoms with Crippen molar-refractivity contribution in [1.29, 1.82) is 0 Å². The summed E-state index contributed by atoms with van der Waals surface area (Å²) in [5, 5.41) is 4.04. The van der Waals surface area contributed by atoms with Crippen LogP contribution in [0.5, 0.6) is 0 Å². The molecule has 1 unspecified atom stereocenters. The van der Waals surface area contributed by atoms with Crippen molar-refractivity contribution in [2.24, 2.45) is 5.84 Å². The quantitative estimate of drug-likeness (QED) is 0.633. The molecule has 1 heterocycles. The second kappa shape index (κ2) is 5.85. The zero-order valence-corrected chi connectivity index (χ0v) is 10.5. The summed E-state index contributed by atoms with van der Waals surface area (Å²) in [6, 6.07) is 2.93. The Balaban J connectivity index is 2.25. The van der Waals surface area contributed by atoms with E-state index in [-0.39, 0.29) is 0 Å². The summed E-state index contributed by atoms with van der Waals surface area (Å²) in [5.41, 5.74) is 2.83. The summed E-state index contributed by atoms with van der Waals surface area (Å²) in [6.45, 7) is 2.60. The van der Waals surface area contributed by atoms with Crippen molar-refractivity contribution in [3.05, 3.63) is 47.5 Å². The molecule has 0 bridgehead atoms. The maximum Gasteiger partial charge on any atom is 0.138 e. The smallest absolute Gasteiger partial charge is 0.138 e. The van der Waals surface area contributed by atoms with E-state index in [2.05, 4.69) is 15.5 Å². The van der Waals surface area contributed by atoms with E-state index in [1.165, 1.54) is 18.5 Å². The fourth-order valence-electron chi connectivity index (χ4n) is 1.94. The summed E-state index contributed by atoms with van der Waals surface area (Å²) in [7, 11) is 0. The molecular formula is C12H15F2N5. The van der Waals surface area contributed by atoms with Gasteiger partial charge in [-0.1, -0.05) is 6.07 Å². The fraction of sp³-hybridized carbons (Fsp3) is 0.333. The Kier molecular flexibility index (Phi) is 4.18. The highest BCUT2D eigenvalue weighted by atomic mass is 19.1. The first-order chi connectivity index (χ1) is 9.15. The standard InChI is InChI=1S/C12H15F2N5/c1-2-19-12(16-7-17-19)6-11(18-15)9-4-3-8(13)5-10(9)14/h3-5,7,11,18H,2,6,15H2,1H3. The number of nitrogens with zero attached hydrogens (tertiary/aromatic N) is 3. The Bertz CT molecular complexity index is 555. The van der Waals surface area contributed by atoms with E-state index in [0.717, 1.165) is 6.07 Å². The average molecular weight is 267 g/mol. The maximum atomic E-state index is 13.7. The first kappa shape index (κ1) is 13.6. The Morgan fingerprint density at radius 3 is 2.84 bits per heavy atom. The number of rotatable bonds is 5. The topological polar surface area (TPSA) is 68.8 Å². The van der Waals surface area contributed by atoms with Gasteiger partial charge in [-0.25, -0.2) is 13.8 Å². The molecule has 0 fully saturated rings. The molecule has 2 aromatic rings. The van der Waals surface area contributed by atoms with Crippen molar-refractivity contribution in [2.45, 2.75) is 25.9 Å². The van der Waals surface area contributed by atoms with Crippen LogP contribution in [0.1, 0.15) is 24.4 Å². The molecule has 1 aromatic carbocycles. The van der Waals surface area contributed by atoms with Gasteiger partial charge in [0.15, 0.2) is 0 Å². The fourth-order valence-corrected chi connectivity index (χ4v) is 1.94. The molecule has 102 valence electrons. The molecule has 7 heteroatoms. The molecule has 0 amide bonds. The lowest BCUT2D eigenvalue weighted by Crippen LogP contribution is -2.31. The van der Waals surface area contributed by atoms with Crippen LogP contribution in [0, 0.1) is 11.6 Å². The number of benzene rings is 1. The van der Waals surface area contributed by atoms with Gasteiger partial charge < -0.3 is 0 Å². The lowest BCUT2D eigenvalue weighted by atomic mass is 10.0. The van der Waals surface area contributed by atoms with Crippen LogP contribution in [-0.4, -0.2) is 14.8 Å². The zero-order chi connectivity index (χ0) is 13.8. The van der Waals surface area contributed by atoms with Gasteiger partial charge in [0, 0.05) is 24.6 Å². The van der Waals surface area contributed by atoms with Crippen LogP contribution in [0.3, 0.4) is 0 Å². The van der Waals surface area contributed by atoms with E-state index < -0.39 is 17.7 Å². The minimum Gasteiger partial charge on any atom is -0.271 e. The number of hydrazine groups is 1. The number of nitrogens with two attached hydrogens (primary N) is 1. The zero-order valence-electron chi connectivity index (χ0n) is 10.5. The Hall–Kier alpha value is -1.86. The van der Waals surface area contributed by atoms with E-state index in [9.17, 15) is 8.78 Å². The third-order valence-corrected chi connectivity index (χ3v) is 2.92. The Labute approximate surface area is 109 Å². The van der Waals surface area contributed by atoms with Gasteiger partial charge >= 0.3 is 0 Å². The minimum atomic E-state index is -0.634. The molecule has 0 radical (unpaired) electrons. The lowest BCUT2D eigenvalue weighted by molar-refractivity contribution is 0.480. The average Bonchev–Trinajstić information content (AvgIpc) is 2.84. The number of hydrogen-bond acceptors (Lipinski definition) is 4. The maximum absolute atomic E-state index is 13.7. The van der Waals surface area contributed by atoms with Gasteiger partial charge in [0.2, 0.25) is 0 Å². The molecule has 0 aliphatic heterocycles. The second-order valence-corrected chi connectivity index (χ2v) is 4.08. The van der Waals surface area contributed by atoms with Gasteiger partial charge in [-0.15, -0.1) is 0 Å². The van der Waals surface area contributed by atoms with E-state index in [1.807, 2.05) is 6.92 Å². The van der Waals surface area contributed by atoms with Gasteiger partial charge in [0.1, 0.15) is 23.8 Å². The summed E-state index contributed by atoms with van der Waals surface area (Å²) in [6.07, 6.45) is 1.81. The molecule has 19 heavy (non-hydrogen) atoms. The molecule has 1 atom stereocenters. The molecule has 0 saturated heterocycles. The predicted molar refractivity (Wildman–Crippen MR) is 65.8 cm³/mol. The van der Waals surface area contributed by atoms with Crippen LogP contribution in [0.15, 0.2) is 24.5 Å². The lowest BCUT2D eigenvalue weighted by Gasteiger charge is -2.16. The number of aryl methyl sites for hydroxylation is 1. The van der Waals surface area contributed by atoms with Gasteiger partial charge in [-0.2, -0.15) is 5.10 Å². The van der Waals surface area contributed by atoms with Crippen LogP contribution >= 0.6 is 0 Å². The van der Waals surface area contributed by atoms with E-state index in [0.29, 0.717) is 24.4 Å². The van der Waals surface area contributed by atoms with Crippen LogP contribution in [0.25, 0.3) is 0 Å². The summed E-state index contributed by atoms with van der Waals surface area (Å²) in [5.74, 6) is 4.89. The first-order valence-corrected chi connectivity index (χ1v) is 5.93. The normalized spacial score (nSPS) is 12.6. The van der Waals surface area contributed by atoms with Gasteiger partial charge in [-0.3, -0.25) is 16.0 Å². The molecule has 0 spiro atoms. The first-order valence-electron chi connectivity index (χ1n) is 5.93. The second-order valence-electron chi connectivity index (χ2n) is 4.08. The molecule has 0 aliphatic carbocycles. The third-order valence-electron chi connectivity index (χ3n) is 2.92.